The molecule has 7 heteroatoms. The first-order chi connectivity index (χ1) is 17.5. The summed E-state index contributed by atoms with van der Waals surface area (Å²) >= 11 is 6.10. The molecule has 0 saturated carbocycles. The fourth-order valence-corrected chi connectivity index (χ4v) is 3.55. The summed E-state index contributed by atoms with van der Waals surface area (Å²) in [6.45, 7) is 0. The molecule has 6 nitrogen and oxygen atoms in total. The fraction of sp³-hybridized carbons (Fsp3) is 0. The normalized spacial score (nSPS) is 10.7. The lowest BCUT2D eigenvalue weighted by molar-refractivity contribution is -0.112. The van der Waals surface area contributed by atoms with Crippen molar-refractivity contribution in [1.82, 2.24) is 0 Å². The second-order valence-corrected chi connectivity index (χ2v) is 8.00. The molecule has 0 spiro atoms. The molecule has 0 atom stereocenters. The van der Waals surface area contributed by atoms with E-state index in [0.717, 1.165) is 0 Å². The molecule has 0 aliphatic carbocycles. The van der Waals surface area contributed by atoms with Gasteiger partial charge in [-0.2, -0.15) is 5.26 Å². The van der Waals surface area contributed by atoms with Gasteiger partial charge >= 0.3 is 0 Å². The van der Waals surface area contributed by atoms with Crippen LogP contribution in [0.3, 0.4) is 0 Å². The summed E-state index contributed by atoms with van der Waals surface area (Å²) in [5, 5.41) is 15.5. The summed E-state index contributed by atoms with van der Waals surface area (Å²) in [5.41, 5.74) is 1.71. The van der Waals surface area contributed by atoms with E-state index in [0.29, 0.717) is 39.0 Å². The molecule has 176 valence electrons. The van der Waals surface area contributed by atoms with Crippen molar-refractivity contribution in [2.45, 2.75) is 0 Å². The number of para-hydroxylation sites is 3. The number of benzene rings is 4. The van der Waals surface area contributed by atoms with Crippen LogP contribution in [0.25, 0.3) is 6.08 Å². The van der Waals surface area contributed by atoms with Crippen LogP contribution in [-0.4, -0.2) is 11.8 Å². The van der Waals surface area contributed by atoms with Gasteiger partial charge < -0.3 is 15.4 Å². The predicted molar refractivity (Wildman–Crippen MR) is 141 cm³/mol. The fourth-order valence-electron chi connectivity index (χ4n) is 3.33. The van der Waals surface area contributed by atoms with Crippen LogP contribution in [0.5, 0.6) is 11.5 Å². The number of carbonyl (C=O) groups excluding carboxylic acids is 2. The van der Waals surface area contributed by atoms with E-state index in [9.17, 15) is 14.9 Å². The van der Waals surface area contributed by atoms with E-state index in [-0.39, 0.29) is 11.5 Å². The lowest BCUT2D eigenvalue weighted by Crippen LogP contribution is -2.14. The number of rotatable bonds is 7. The maximum atomic E-state index is 12.9. The van der Waals surface area contributed by atoms with Crippen molar-refractivity contribution in [3.8, 4) is 17.6 Å². The topological polar surface area (TPSA) is 91.2 Å². The van der Waals surface area contributed by atoms with Gasteiger partial charge in [-0.25, -0.2) is 0 Å². The van der Waals surface area contributed by atoms with Crippen LogP contribution < -0.4 is 15.4 Å². The van der Waals surface area contributed by atoms with E-state index in [2.05, 4.69) is 10.6 Å². The van der Waals surface area contributed by atoms with Crippen LogP contribution in [0, 0.1) is 11.3 Å². The lowest BCUT2D eigenvalue weighted by Gasteiger charge is -2.12. The largest absolute Gasteiger partial charge is 0.455 e. The predicted octanol–water partition coefficient (Wildman–Crippen LogP) is 6.93. The number of nitriles is 1. The Morgan fingerprint density at radius 2 is 1.56 bits per heavy atom. The van der Waals surface area contributed by atoms with Gasteiger partial charge in [0.2, 0.25) is 0 Å². The van der Waals surface area contributed by atoms with Gasteiger partial charge in [0.1, 0.15) is 17.4 Å². The molecular weight excluding hydrogens is 474 g/mol. The van der Waals surface area contributed by atoms with Crippen molar-refractivity contribution in [2.24, 2.45) is 0 Å². The van der Waals surface area contributed by atoms with Crippen molar-refractivity contribution in [3.63, 3.8) is 0 Å². The average Bonchev–Trinajstić information content (AvgIpc) is 2.89. The quantitative estimate of drug-likeness (QED) is 0.216. The number of ether oxygens (including phenoxy) is 1. The lowest BCUT2D eigenvalue weighted by atomic mass is 10.1. The number of hydrogen-bond donors (Lipinski definition) is 2. The molecule has 0 aliphatic heterocycles. The van der Waals surface area contributed by atoms with Crippen LogP contribution in [-0.2, 0) is 4.79 Å². The van der Waals surface area contributed by atoms with Crippen LogP contribution in [0.2, 0.25) is 5.02 Å². The first-order valence-corrected chi connectivity index (χ1v) is 11.3. The molecule has 4 aromatic carbocycles. The molecule has 0 radical (unpaired) electrons. The molecule has 0 bridgehead atoms. The molecule has 4 rings (SSSR count). The second kappa shape index (κ2) is 11.5. The molecule has 36 heavy (non-hydrogen) atoms. The molecule has 0 fully saturated rings. The molecule has 2 N–H and O–H groups in total. The van der Waals surface area contributed by atoms with Crippen molar-refractivity contribution in [2.75, 3.05) is 10.6 Å². The van der Waals surface area contributed by atoms with Gasteiger partial charge in [-0.1, -0.05) is 66.2 Å². The van der Waals surface area contributed by atoms with E-state index < -0.39 is 5.91 Å². The molecule has 0 heterocycles. The third kappa shape index (κ3) is 6.17. The van der Waals surface area contributed by atoms with Crippen molar-refractivity contribution >= 4 is 40.9 Å². The monoisotopic (exact) mass is 493 g/mol. The zero-order chi connectivity index (χ0) is 25.3. The van der Waals surface area contributed by atoms with Crippen molar-refractivity contribution in [3.05, 3.63) is 125 Å². The highest BCUT2D eigenvalue weighted by Gasteiger charge is 2.14. The molecule has 0 unspecified atom stereocenters. The SMILES string of the molecule is N#C/C(=C\c1cccc(NC(=O)c2ccccc2Cl)c1)C(=O)Nc1ccccc1Oc1ccccc1. The van der Waals surface area contributed by atoms with E-state index in [4.69, 9.17) is 16.3 Å². The third-order valence-electron chi connectivity index (χ3n) is 5.05. The summed E-state index contributed by atoms with van der Waals surface area (Å²) in [5.74, 6) is 0.103. The number of hydrogen-bond acceptors (Lipinski definition) is 4. The number of carbonyl (C=O) groups is 2. The molecule has 0 aliphatic rings. The summed E-state index contributed by atoms with van der Waals surface area (Å²) in [4.78, 5) is 25.5. The molecule has 2 amide bonds. The third-order valence-corrected chi connectivity index (χ3v) is 5.37. The number of nitrogens with one attached hydrogen (secondary N) is 2. The number of amides is 2. The molecule has 0 saturated heterocycles. The first kappa shape index (κ1) is 24.3. The zero-order valence-corrected chi connectivity index (χ0v) is 19.7. The van der Waals surface area contributed by atoms with Gasteiger partial charge in [-0.05, 0) is 60.2 Å². The highest BCUT2D eigenvalue weighted by molar-refractivity contribution is 6.34. The van der Waals surface area contributed by atoms with Crippen LogP contribution in [0.4, 0.5) is 11.4 Å². The minimum absolute atomic E-state index is 0.112. The highest BCUT2D eigenvalue weighted by atomic mass is 35.5. The van der Waals surface area contributed by atoms with E-state index in [1.54, 1.807) is 84.9 Å². The molecule has 4 aromatic rings. The van der Waals surface area contributed by atoms with Gasteiger partial charge in [0.15, 0.2) is 5.75 Å². The Balaban J connectivity index is 1.50. The highest BCUT2D eigenvalue weighted by Crippen LogP contribution is 2.29. The van der Waals surface area contributed by atoms with Gasteiger partial charge in [-0.15, -0.1) is 0 Å². The first-order valence-electron chi connectivity index (χ1n) is 10.9. The van der Waals surface area contributed by atoms with Crippen molar-refractivity contribution in [1.29, 1.82) is 5.26 Å². The Labute approximate surface area is 213 Å². The summed E-state index contributed by atoms with van der Waals surface area (Å²) in [7, 11) is 0. The second-order valence-electron chi connectivity index (χ2n) is 7.59. The standard InChI is InChI=1S/C29H20ClN3O3/c30-25-14-5-4-13-24(25)29(35)32-22-10-8-9-20(18-22)17-21(19-31)28(34)33-26-15-6-7-16-27(26)36-23-11-2-1-3-12-23/h1-18H,(H,32,35)(H,33,34)/b21-17+. The van der Waals surface area contributed by atoms with E-state index in [1.807, 2.05) is 24.3 Å². The maximum Gasteiger partial charge on any atom is 0.266 e. The van der Waals surface area contributed by atoms with E-state index >= 15 is 0 Å². The Kier molecular flexibility index (Phi) is 7.76. The van der Waals surface area contributed by atoms with Gasteiger partial charge in [0.25, 0.3) is 11.8 Å². The van der Waals surface area contributed by atoms with Gasteiger partial charge in [-0.3, -0.25) is 9.59 Å². The average molecular weight is 494 g/mol. The smallest absolute Gasteiger partial charge is 0.266 e. The number of nitrogens with zero attached hydrogens (tertiary/aromatic N) is 1. The Morgan fingerprint density at radius 3 is 2.33 bits per heavy atom. The Morgan fingerprint density at radius 1 is 0.833 bits per heavy atom. The van der Waals surface area contributed by atoms with Gasteiger partial charge in [0, 0.05) is 5.69 Å². The summed E-state index contributed by atoms with van der Waals surface area (Å²) in [6, 6.07) is 31.6. The Bertz CT molecular complexity index is 1480. The zero-order valence-electron chi connectivity index (χ0n) is 18.9. The van der Waals surface area contributed by atoms with Crippen LogP contribution >= 0.6 is 11.6 Å². The van der Waals surface area contributed by atoms with E-state index in [1.165, 1.54) is 6.08 Å². The molecular formula is C29H20ClN3O3. The molecule has 0 aromatic heterocycles. The van der Waals surface area contributed by atoms with Crippen LogP contribution in [0.15, 0.2) is 109 Å². The number of halogens is 1. The minimum Gasteiger partial charge on any atom is -0.455 e. The number of anilines is 2. The summed E-state index contributed by atoms with van der Waals surface area (Å²) in [6.07, 6.45) is 1.45. The minimum atomic E-state index is -0.591. The summed E-state index contributed by atoms with van der Waals surface area (Å²) < 4.78 is 5.87. The Hall–Kier alpha value is -4.86. The van der Waals surface area contributed by atoms with Gasteiger partial charge in [0.05, 0.1) is 16.3 Å². The van der Waals surface area contributed by atoms with Crippen LogP contribution in [0.1, 0.15) is 15.9 Å². The maximum absolute atomic E-state index is 12.9. The van der Waals surface area contributed by atoms with Crippen molar-refractivity contribution < 1.29 is 14.3 Å².